The zero-order chi connectivity index (χ0) is 16.9. The third-order valence-electron chi connectivity index (χ3n) is 3.12. The molecule has 0 aliphatic carbocycles. The first-order valence-electron chi connectivity index (χ1n) is 7.10. The van der Waals surface area contributed by atoms with Crippen LogP contribution in [-0.2, 0) is 4.79 Å². The predicted octanol–water partition coefficient (Wildman–Crippen LogP) is 4.89. The van der Waals surface area contributed by atoms with Gasteiger partial charge >= 0.3 is 0 Å². The molecule has 1 aromatic heterocycles. The minimum absolute atomic E-state index is 0.0841. The molecular formula is C17H14BrN3OS2. The maximum Gasteiger partial charge on any atom is 0.236 e. The molecule has 0 aliphatic heterocycles. The topological polar surface area (TPSA) is 68.0 Å². The number of benzene rings is 2. The van der Waals surface area contributed by atoms with E-state index in [9.17, 15) is 4.79 Å². The maximum absolute atomic E-state index is 12.1. The van der Waals surface area contributed by atoms with Crippen LogP contribution in [-0.4, -0.2) is 16.6 Å². The highest BCUT2D eigenvalue weighted by Gasteiger charge is 2.09. The van der Waals surface area contributed by atoms with Crippen molar-refractivity contribution in [1.82, 2.24) is 4.98 Å². The lowest BCUT2D eigenvalue weighted by Crippen LogP contribution is -2.13. The van der Waals surface area contributed by atoms with Crippen LogP contribution in [0.25, 0.3) is 11.3 Å². The number of nitrogens with two attached hydrogens (primary N) is 1. The van der Waals surface area contributed by atoms with E-state index in [1.807, 2.05) is 53.9 Å². The van der Waals surface area contributed by atoms with Gasteiger partial charge in [0.2, 0.25) is 5.91 Å². The van der Waals surface area contributed by atoms with Crippen LogP contribution in [0.2, 0.25) is 0 Å². The lowest BCUT2D eigenvalue weighted by atomic mass is 10.2. The predicted molar refractivity (Wildman–Crippen MR) is 105 cm³/mol. The van der Waals surface area contributed by atoms with Gasteiger partial charge in [0, 0.05) is 26.0 Å². The number of aromatic nitrogens is 1. The number of hydrogen-bond acceptors (Lipinski definition) is 5. The second kappa shape index (κ2) is 7.83. The first-order valence-corrected chi connectivity index (χ1v) is 9.75. The van der Waals surface area contributed by atoms with E-state index in [0.717, 1.165) is 20.6 Å². The van der Waals surface area contributed by atoms with E-state index in [4.69, 9.17) is 5.73 Å². The Morgan fingerprint density at radius 2 is 2.04 bits per heavy atom. The normalized spacial score (nSPS) is 10.5. The fourth-order valence-electron chi connectivity index (χ4n) is 1.99. The summed E-state index contributed by atoms with van der Waals surface area (Å²) in [5, 5.41) is 5.37. The van der Waals surface area contributed by atoms with Crippen LogP contribution in [0.1, 0.15) is 0 Å². The van der Waals surface area contributed by atoms with Crippen molar-refractivity contribution < 1.29 is 4.79 Å². The monoisotopic (exact) mass is 419 g/mol. The summed E-state index contributed by atoms with van der Waals surface area (Å²) in [6, 6.07) is 15.4. The Balaban J connectivity index is 1.58. The van der Waals surface area contributed by atoms with Crippen LogP contribution < -0.4 is 11.1 Å². The number of rotatable bonds is 5. The van der Waals surface area contributed by atoms with Crippen LogP contribution in [0.15, 0.2) is 63.3 Å². The molecule has 2 aromatic carbocycles. The molecule has 0 aliphatic rings. The summed E-state index contributed by atoms with van der Waals surface area (Å²) in [4.78, 5) is 17.5. The van der Waals surface area contributed by atoms with Crippen molar-refractivity contribution >= 4 is 55.8 Å². The Labute approximate surface area is 156 Å². The lowest BCUT2D eigenvalue weighted by Gasteiger charge is -2.03. The van der Waals surface area contributed by atoms with E-state index in [-0.39, 0.29) is 5.91 Å². The highest BCUT2D eigenvalue weighted by Crippen LogP contribution is 2.26. The van der Waals surface area contributed by atoms with Gasteiger partial charge in [-0.15, -0.1) is 23.1 Å². The van der Waals surface area contributed by atoms with Crippen LogP contribution in [0, 0.1) is 0 Å². The standard InChI is InChI=1S/C17H14BrN3OS2/c18-12-6-4-11(5-7-12)15-9-24-17(20-15)21-16(22)10-23-14-3-1-2-13(19)8-14/h1-9H,10,19H2,(H,20,21,22). The van der Waals surface area contributed by atoms with Gasteiger partial charge in [0.05, 0.1) is 11.4 Å². The highest BCUT2D eigenvalue weighted by atomic mass is 79.9. The van der Waals surface area contributed by atoms with E-state index >= 15 is 0 Å². The molecule has 0 saturated heterocycles. The first-order chi connectivity index (χ1) is 11.6. The molecule has 1 heterocycles. The van der Waals surface area contributed by atoms with Crippen molar-refractivity contribution in [2.24, 2.45) is 0 Å². The van der Waals surface area contributed by atoms with Crippen molar-refractivity contribution in [3.8, 4) is 11.3 Å². The molecule has 0 radical (unpaired) electrons. The Bertz CT molecular complexity index is 849. The van der Waals surface area contributed by atoms with E-state index in [0.29, 0.717) is 16.6 Å². The van der Waals surface area contributed by atoms with Crippen LogP contribution in [0.5, 0.6) is 0 Å². The number of carbonyl (C=O) groups is 1. The Hall–Kier alpha value is -1.83. The quantitative estimate of drug-likeness (QED) is 0.456. The number of nitrogens with zero attached hydrogens (tertiary/aromatic N) is 1. The summed E-state index contributed by atoms with van der Waals surface area (Å²) in [5.74, 6) is 0.232. The number of nitrogen functional groups attached to an aromatic ring is 1. The summed E-state index contributed by atoms with van der Waals surface area (Å²) in [6.45, 7) is 0. The summed E-state index contributed by atoms with van der Waals surface area (Å²) in [5.41, 5.74) is 8.30. The summed E-state index contributed by atoms with van der Waals surface area (Å²) >= 11 is 6.28. The molecule has 0 fully saturated rings. The number of hydrogen-bond donors (Lipinski definition) is 2. The average molecular weight is 420 g/mol. The molecule has 0 unspecified atom stereocenters. The van der Waals surface area contributed by atoms with Gasteiger partial charge in [0.25, 0.3) is 0 Å². The molecule has 7 heteroatoms. The molecule has 1 amide bonds. The van der Waals surface area contributed by atoms with Crippen molar-refractivity contribution in [2.75, 3.05) is 16.8 Å². The fraction of sp³-hybridized carbons (Fsp3) is 0.0588. The number of carbonyl (C=O) groups excluding carboxylic acids is 1. The zero-order valence-electron chi connectivity index (χ0n) is 12.5. The summed E-state index contributed by atoms with van der Waals surface area (Å²) in [7, 11) is 0. The van der Waals surface area contributed by atoms with Gasteiger partial charge < -0.3 is 11.1 Å². The molecule has 3 N–H and O–H groups in total. The summed E-state index contributed by atoms with van der Waals surface area (Å²) in [6.07, 6.45) is 0. The number of thioether (sulfide) groups is 1. The SMILES string of the molecule is Nc1cccc(SCC(=O)Nc2nc(-c3ccc(Br)cc3)cs2)c1. The van der Waals surface area contributed by atoms with Gasteiger partial charge in [-0.3, -0.25) is 4.79 Å². The Morgan fingerprint density at radius 1 is 1.25 bits per heavy atom. The molecule has 122 valence electrons. The summed E-state index contributed by atoms with van der Waals surface area (Å²) < 4.78 is 1.02. The molecule has 0 atom stereocenters. The van der Waals surface area contributed by atoms with E-state index in [1.165, 1.54) is 23.1 Å². The Kier molecular flexibility index (Phi) is 5.55. The van der Waals surface area contributed by atoms with Gasteiger partial charge in [0.15, 0.2) is 5.13 Å². The second-order valence-electron chi connectivity index (χ2n) is 4.95. The molecule has 4 nitrogen and oxygen atoms in total. The third-order valence-corrected chi connectivity index (χ3v) is 5.40. The van der Waals surface area contributed by atoms with E-state index in [2.05, 4.69) is 26.2 Å². The molecule has 0 saturated carbocycles. The van der Waals surface area contributed by atoms with Crippen molar-refractivity contribution in [3.05, 3.63) is 58.4 Å². The maximum atomic E-state index is 12.1. The van der Waals surface area contributed by atoms with Gasteiger partial charge in [-0.2, -0.15) is 0 Å². The minimum atomic E-state index is -0.0841. The average Bonchev–Trinajstić information content (AvgIpc) is 3.02. The number of thiazole rings is 1. The Morgan fingerprint density at radius 3 is 2.79 bits per heavy atom. The highest BCUT2D eigenvalue weighted by molar-refractivity contribution is 9.10. The zero-order valence-corrected chi connectivity index (χ0v) is 15.7. The lowest BCUT2D eigenvalue weighted by molar-refractivity contribution is -0.113. The van der Waals surface area contributed by atoms with Crippen molar-refractivity contribution in [3.63, 3.8) is 0 Å². The molecule has 3 rings (SSSR count). The smallest absolute Gasteiger partial charge is 0.236 e. The van der Waals surface area contributed by atoms with Crippen molar-refractivity contribution in [1.29, 1.82) is 0 Å². The van der Waals surface area contributed by atoms with Crippen LogP contribution in [0.4, 0.5) is 10.8 Å². The first kappa shape index (κ1) is 17.0. The molecular weight excluding hydrogens is 406 g/mol. The van der Waals surface area contributed by atoms with Gasteiger partial charge in [0.1, 0.15) is 0 Å². The molecule has 0 spiro atoms. The largest absolute Gasteiger partial charge is 0.399 e. The number of halogens is 1. The van der Waals surface area contributed by atoms with Gasteiger partial charge in [-0.05, 0) is 30.3 Å². The number of anilines is 2. The minimum Gasteiger partial charge on any atom is -0.399 e. The fourth-order valence-corrected chi connectivity index (χ4v) is 3.76. The molecule has 0 bridgehead atoms. The van der Waals surface area contributed by atoms with Gasteiger partial charge in [-0.1, -0.05) is 34.1 Å². The molecule has 24 heavy (non-hydrogen) atoms. The second-order valence-corrected chi connectivity index (χ2v) is 7.78. The number of nitrogens with one attached hydrogen (secondary N) is 1. The van der Waals surface area contributed by atoms with Crippen molar-refractivity contribution in [2.45, 2.75) is 4.90 Å². The van der Waals surface area contributed by atoms with E-state index in [1.54, 1.807) is 0 Å². The van der Waals surface area contributed by atoms with E-state index < -0.39 is 0 Å². The molecule has 3 aromatic rings. The van der Waals surface area contributed by atoms with Crippen LogP contribution in [0.3, 0.4) is 0 Å². The van der Waals surface area contributed by atoms with Crippen LogP contribution >= 0.6 is 39.0 Å². The number of amides is 1. The van der Waals surface area contributed by atoms with Gasteiger partial charge in [-0.25, -0.2) is 4.98 Å². The third kappa shape index (κ3) is 4.59.